The molecule has 2 N–H and O–H groups in total. The summed E-state index contributed by atoms with van der Waals surface area (Å²) < 4.78 is 67.8. The first-order chi connectivity index (χ1) is 11.5. The molecule has 0 spiro atoms. The van der Waals surface area contributed by atoms with E-state index in [0.717, 1.165) is 6.07 Å². The molecule has 7 nitrogen and oxygen atoms in total. The second kappa shape index (κ2) is 6.92. The Kier molecular flexibility index (Phi) is 5.27. The van der Waals surface area contributed by atoms with E-state index in [9.17, 15) is 31.5 Å². The maximum absolute atomic E-state index is 12.7. The number of esters is 1. The number of nitrogens with two attached hydrogens (primary N) is 1. The Balaban J connectivity index is 2.57. The van der Waals surface area contributed by atoms with Crippen LogP contribution in [0.2, 0.25) is 0 Å². The van der Waals surface area contributed by atoms with Crippen LogP contribution in [0.15, 0.2) is 33.1 Å². The second-order valence-corrected chi connectivity index (χ2v) is 5.52. The van der Waals surface area contributed by atoms with Crippen LogP contribution >= 0.6 is 15.9 Å². The summed E-state index contributed by atoms with van der Waals surface area (Å²) >= 11 is 2.96. The van der Waals surface area contributed by atoms with Gasteiger partial charge in [0, 0.05) is 22.7 Å². The van der Waals surface area contributed by atoms with Gasteiger partial charge in [-0.2, -0.15) is 22.0 Å². The number of nitrogens with zero attached hydrogens (tertiary/aromatic N) is 3. The van der Waals surface area contributed by atoms with Gasteiger partial charge in [0.05, 0.1) is 6.54 Å². The molecular weight excluding hydrogens is 423 g/mol. The van der Waals surface area contributed by atoms with Crippen molar-refractivity contribution in [2.24, 2.45) is 5.73 Å². The lowest BCUT2D eigenvalue weighted by molar-refractivity contribution is -0.190. The maximum Gasteiger partial charge on any atom is 0.491 e. The number of hydrogen-bond donors (Lipinski definition) is 1. The van der Waals surface area contributed by atoms with Crippen LogP contribution < -0.4 is 16.2 Å². The first kappa shape index (κ1) is 19.1. The Hall–Kier alpha value is -2.28. The minimum absolute atomic E-state index is 0.147. The van der Waals surface area contributed by atoms with Crippen LogP contribution in [0.4, 0.5) is 22.0 Å². The minimum Gasteiger partial charge on any atom is -0.402 e. The number of fused-ring (bicyclic) bond motifs is 1. The molecule has 136 valence electrons. The number of halogens is 6. The molecule has 0 fully saturated rings. The zero-order valence-electron chi connectivity index (χ0n) is 12.0. The van der Waals surface area contributed by atoms with Crippen molar-refractivity contribution < 1.29 is 31.5 Å². The number of aromatic nitrogens is 3. The molecule has 2 rings (SSSR count). The summed E-state index contributed by atoms with van der Waals surface area (Å²) in [4.78, 5) is 23.2. The van der Waals surface area contributed by atoms with E-state index < -0.39 is 48.5 Å². The van der Waals surface area contributed by atoms with Crippen molar-refractivity contribution in [3.8, 4) is 5.88 Å². The van der Waals surface area contributed by atoms with Gasteiger partial charge in [0.1, 0.15) is 0 Å². The summed E-state index contributed by atoms with van der Waals surface area (Å²) in [5.41, 5.74) is 3.25. The highest BCUT2D eigenvalue weighted by molar-refractivity contribution is 9.10. The predicted octanol–water partition coefficient (Wildman–Crippen LogP) is 1.84. The Morgan fingerprint density at radius 2 is 1.96 bits per heavy atom. The summed E-state index contributed by atoms with van der Waals surface area (Å²) in [7, 11) is 0. The molecule has 2 aromatic rings. The summed E-state index contributed by atoms with van der Waals surface area (Å²) in [5.74, 6) is -3.33. The number of hydrogen-bond acceptors (Lipinski definition) is 5. The smallest absolute Gasteiger partial charge is 0.402 e. The summed E-state index contributed by atoms with van der Waals surface area (Å²) in [6.45, 7) is -1.23. The number of carbonyl (C=O) groups is 1. The first-order valence-corrected chi connectivity index (χ1v) is 7.15. The van der Waals surface area contributed by atoms with E-state index in [1.54, 1.807) is 0 Å². The molecule has 0 aliphatic rings. The fourth-order valence-corrected chi connectivity index (χ4v) is 2.19. The Morgan fingerprint density at radius 3 is 2.48 bits per heavy atom. The number of carbonyl (C=O) groups excluding carboxylic acids is 1. The van der Waals surface area contributed by atoms with Crippen molar-refractivity contribution in [1.82, 2.24) is 14.2 Å². The molecule has 2 heterocycles. The highest BCUT2D eigenvalue weighted by atomic mass is 79.9. The monoisotopic (exact) mass is 430 g/mol. The topological polar surface area (TPSA) is 91.6 Å². The van der Waals surface area contributed by atoms with E-state index in [0.29, 0.717) is 9.08 Å². The number of pyridine rings is 1. The Morgan fingerprint density at radius 1 is 1.32 bits per heavy atom. The van der Waals surface area contributed by atoms with Crippen molar-refractivity contribution >= 4 is 27.5 Å². The molecule has 13 heteroatoms. The molecular formula is C12H8BrF5N4O3. The third-order valence-electron chi connectivity index (χ3n) is 2.90. The molecule has 0 aliphatic heterocycles. The molecule has 0 aliphatic carbocycles. The van der Waals surface area contributed by atoms with Gasteiger partial charge in [-0.1, -0.05) is 15.9 Å². The highest BCUT2D eigenvalue weighted by Gasteiger charge is 2.42. The number of ether oxygens (including phenoxy) is 1. The van der Waals surface area contributed by atoms with Gasteiger partial charge >= 0.3 is 17.8 Å². The molecule has 0 saturated carbocycles. The molecule has 0 amide bonds. The standard InChI is InChI=1S/C12H8BrF5N4O3/c13-6-1-7-20-21(4-5(3-19)9(14)15)11(24)22(7)8(2-6)25-10(23)12(16,17)18/h1-2H,3-4,19H2. The van der Waals surface area contributed by atoms with Gasteiger partial charge < -0.3 is 10.5 Å². The van der Waals surface area contributed by atoms with E-state index >= 15 is 0 Å². The van der Waals surface area contributed by atoms with Crippen molar-refractivity contribution in [2.45, 2.75) is 12.7 Å². The minimum atomic E-state index is -5.29. The summed E-state index contributed by atoms with van der Waals surface area (Å²) in [6.07, 6.45) is -7.39. The normalized spacial score (nSPS) is 11.6. The van der Waals surface area contributed by atoms with Crippen LogP contribution in [-0.2, 0) is 11.3 Å². The van der Waals surface area contributed by atoms with Crippen LogP contribution in [0, 0.1) is 0 Å². The van der Waals surface area contributed by atoms with Crippen LogP contribution in [0.3, 0.4) is 0 Å². The fourth-order valence-electron chi connectivity index (χ4n) is 1.79. The molecule has 25 heavy (non-hydrogen) atoms. The van der Waals surface area contributed by atoms with Gasteiger partial charge in [-0.25, -0.2) is 18.7 Å². The second-order valence-electron chi connectivity index (χ2n) is 4.60. The average Bonchev–Trinajstić information content (AvgIpc) is 2.79. The van der Waals surface area contributed by atoms with E-state index in [4.69, 9.17) is 5.73 Å². The van der Waals surface area contributed by atoms with Crippen LogP contribution in [0.1, 0.15) is 0 Å². The lowest BCUT2D eigenvalue weighted by atomic mass is 10.3. The maximum atomic E-state index is 12.7. The molecule has 2 aromatic heterocycles. The molecule has 0 atom stereocenters. The predicted molar refractivity (Wildman–Crippen MR) is 77.1 cm³/mol. The van der Waals surface area contributed by atoms with Crippen LogP contribution in [0.25, 0.3) is 5.65 Å². The number of rotatable bonds is 4. The summed E-state index contributed by atoms with van der Waals surface area (Å²) in [6, 6.07) is 2.15. The van der Waals surface area contributed by atoms with Crippen molar-refractivity contribution in [1.29, 1.82) is 0 Å². The van der Waals surface area contributed by atoms with Crippen molar-refractivity contribution in [3.63, 3.8) is 0 Å². The lowest BCUT2D eigenvalue weighted by Gasteiger charge is -2.08. The zero-order chi connectivity index (χ0) is 18.9. The average molecular weight is 431 g/mol. The molecule has 0 unspecified atom stereocenters. The van der Waals surface area contributed by atoms with Gasteiger partial charge in [0.15, 0.2) is 5.65 Å². The Bertz CT molecular complexity index is 914. The third kappa shape index (κ3) is 4.04. The molecule has 0 bridgehead atoms. The van der Waals surface area contributed by atoms with E-state index in [1.165, 1.54) is 6.07 Å². The van der Waals surface area contributed by atoms with Gasteiger partial charge in [0.25, 0.3) is 6.08 Å². The SMILES string of the molecule is NCC(Cn1nc2cc(Br)cc(OC(=O)C(F)(F)F)n2c1=O)=C(F)F. The van der Waals surface area contributed by atoms with Crippen molar-refractivity contribution in [2.75, 3.05) is 6.54 Å². The van der Waals surface area contributed by atoms with E-state index in [2.05, 4.69) is 25.8 Å². The molecule has 0 saturated heterocycles. The first-order valence-electron chi connectivity index (χ1n) is 6.35. The molecule has 0 aromatic carbocycles. The van der Waals surface area contributed by atoms with Crippen LogP contribution in [0.5, 0.6) is 5.88 Å². The van der Waals surface area contributed by atoms with Crippen LogP contribution in [-0.4, -0.2) is 32.9 Å². The van der Waals surface area contributed by atoms with Gasteiger partial charge in [0.2, 0.25) is 5.88 Å². The number of alkyl halides is 3. The quantitative estimate of drug-likeness (QED) is 0.590. The van der Waals surface area contributed by atoms with Gasteiger partial charge in [-0.05, 0) is 6.07 Å². The fraction of sp³-hybridized carbons (Fsp3) is 0.250. The summed E-state index contributed by atoms with van der Waals surface area (Å²) in [5, 5.41) is 3.71. The largest absolute Gasteiger partial charge is 0.491 e. The third-order valence-corrected chi connectivity index (χ3v) is 3.35. The van der Waals surface area contributed by atoms with Crippen molar-refractivity contribution in [3.05, 3.63) is 38.7 Å². The zero-order valence-corrected chi connectivity index (χ0v) is 13.6. The van der Waals surface area contributed by atoms with E-state index in [-0.39, 0.29) is 10.1 Å². The highest BCUT2D eigenvalue weighted by Crippen LogP contribution is 2.24. The lowest BCUT2D eigenvalue weighted by Crippen LogP contribution is -2.30. The Labute approximate surface area is 143 Å². The molecule has 0 radical (unpaired) electrons. The van der Waals surface area contributed by atoms with Gasteiger partial charge in [-0.3, -0.25) is 0 Å². The van der Waals surface area contributed by atoms with E-state index in [1.807, 2.05) is 0 Å². The van der Waals surface area contributed by atoms with Gasteiger partial charge in [-0.15, -0.1) is 5.10 Å².